The van der Waals surface area contributed by atoms with E-state index in [1.807, 2.05) is 0 Å². The van der Waals surface area contributed by atoms with Crippen molar-refractivity contribution >= 4 is 17.8 Å². The molecule has 0 aliphatic carbocycles. The van der Waals surface area contributed by atoms with Crippen LogP contribution in [0.5, 0.6) is 0 Å². The smallest absolute Gasteiger partial charge is 0.362 e. The lowest BCUT2D eigenvalue weighted by atomic mass is 10.1. The van der Waals surface area contributed by atoms with Crippen molar-refractivity contribution in [2.75, 3.05) is 0 Å². The molecule has 1 aromatic rings. The van der Waals surface area contributed by atoms with E-state index in [1.54, 1.807) is 0 Å². The Morgan fingerprint density at radius 1 is 1.59 bits per heavy atom. The van der Waals surface area contributed by atoms with Crippen LogP contribution in [-0.4, -0.2) is 48.8 Å². The van der Waals surface area contributed by atoms with Crippen molar-refractivity contribution in [2.45, 2.75) is 31.8 Å². The minimum Gasteiger partial charge on any atom is -0.362 e. The second-order valence-corrected chi connectivity index (χ2v) is 4.58. The topological polar surface area (TPSA) is 114 Å². The van der Waals surface area contributed by atoms with E-state index >= 15 is 0 Å². The van der Waals surface area contributed by atoms with E-state index in [2.05, 4.69) is 10.2 Å². The molecule has 0 saturated carbocycles. The van der Waals surface area contributed by atoms with Crippen LogP contribution in [0.3, 0.4) is 0 Å². The fraction of sp³-hybridized carbons (Fsp3) is 0.500. The summed E-state index contributed by atoms with van der Waals surface area (Å²) in [6.45, 7) is 0.587. The minimum absolute atomic E-state index is 0.00815. The average Bonchev–Trinajstić information content (AvgIpc) is 2.92. The molecule has 9 nitrogen and oxygen atoms in total. The standard InChI is InChI=1S/C10H10F3N5O4/c1-6-7(18(21)22)4-16(15-6)5-8(19)17-9(20,2-3-14-17)10(11,12)13/h3-4,20H,2,5H2,1H3/t9-/m1/s1. The Balaban J connectivity index is 2.20. The van der Waals surface area contributed by atoms with Gasteiger partial charge in [0, 0.05) is 12.6 Å². The Bertz CT molecular complexity index is 655. The van der Waals surface area contributed by atoms with Gasteiger partial charge in [-0.15, -0.1) is 0 Å². The van der Waals surface area contributed by atoms with E-state index in [1.165, 1.54) is 6.92 Å². The van der Waals surface area contributed by atoms with Gasteiger partial charge in [0.15, 0.2) is 0 Å². The molecule has 1 N–H and O–H groups in total. The van der Waals surface area contributed by atoms with E-state index in [9.17, 15) is 33.2 Å². The first-order valence-electron chi connectivity index (χ1n) is 5.89. The van der Waals surface area contributed by atoms with E-state index in [4.69, 9.17) is 0 Å². The van der Waals surface area contributed by atoms with Gasteiger partial charge in [0.1, 0.15) is 18.4 Å². The van der Waals surface area contributed by atoms with Gasteiger partial charge in [-0.2, -0.15) is 28.4 Å². The number of hydrogen-bond acceptors (Lipinski definition) is 6. The zero-order valence-electron chi connectivity index (χ0n) is 11.1. The summed E-state index contributed by atoms with van der Waals surface area (Å²) in [5, 5.41) is 27.1. The Labute approximate surface area is 120 Å². The first-order valence-corrected chi connectivity index (χ1v) is 5.89. The van der Waals surface area contributed by atoms with Gasteiger partial charge in [-0.25, -0.2) is 0 Å². The summed E-state index contributed by atoms with van der Waals surface area (Å²) < 4.78 is 39.3. The molecule has 0 bridgehead atoms. The number of nitrogens with zero attached hydrogens (tertiary/aromatic N) is 5. The van der Waals surface area contributed by atoms with Gasteiger partial charge < -0.3 is 5.11 Å². The monoisotopic (exact) mass is 321 g/mol. The number of carbonyl (C=O) groups excluding carboxylic acids is 1. The predicted molar refractivity (Wildman–Crippen MR) is 64.6 cm³/mol. The Hall–Kier alpha value is -2.50. The number of aliphatic hydroxyl groups is 1. The molecule has 1 aliphatic heterocycles. The molecule has 1 aliphatic rings. The van der Waals surface area contributed by atoms with Gasteiger partial charge >= 0.3 is 11.9 Å². The van der Waals surface area contributed by atoms with Crippen molar-refractivity contribution in [1.82, 2.24) is 14.8 Å². The number of aromatic nitrogens is 2. The normalized spacial score (nSPS) is 21.4. The molecule has 0 spiro atoms. The predicted octanol–water partition coefficient (Wildman–Crippen LogP) is 0.569. The van der Waals surface area contributed by atoms with Crippen molar-refractivity contribution in [3.05, 3.63) is 22.0 Å². The first kappa shape index (κ1) is 15.9. The summed E-state index contributed by atoms with van der Waals surface area (Å²) in [6, 6.07) is 0. The van der Waals surface area contributed by atoms with Crippen LogP contribution in [0.15, 0.2) is 11.3 Å². The molecule has 22 heavy (non-hydrogen) atoms. The fourth-order valence-electron chi connectivity index (χ4n) is 1.91. The molecule has 1 aromatic heterocycles. The van der Waals surface area contributed by atoms with Gasteiger partial charge in [0.2, 0.25) is 0 Å². The molecule has 0 saturated heterocycles. The van der Waals surface area contributed by atoms with Crippen molar-refractivity contribution < 1.29 is 28.0 Å². The molecule has 120 valence electrons. The summed E-state index contributed by atoms with van der Waals surface area (Å²) in [5.74, 6) is -1.20. The van der Waals surface area contributed by atoms with E-state index in [0.29, 0.717) is 0 Å². The Morgan fingerprint density at radius 3 is 2.73 bits per heavy atom. The van der Waals surface area contributed by atoms with Crippen molar-refractivity contribution in [3.8, 4) is 0 Å². The molecule has 12 heteroatoms. The maximum atomic E-state index is 12.8. The number of amides is 1. The minimum atomic E-state index is -5.09. The van der Waals surface area contributed by atoms with E-state index < -0.39 is 35.7 Å². The second-order valence-electron chi connectivity index (χ2n) is 4.58. The molecule has 0 unspecified atom stereocenters. The van der Waals surface area contributed by atoms with Crippen LogP contribution < -0.4 is 0 Å². The molecule has 2 rings (SSSR count). The molecule has 0 radical (unpaired) electrons. The van der Waals surface area contributed by atoms with Crippen LogP contribution in [0.1, 0.15) is 12.1 Å². The number of nitro groups is 1. The lowest BCUT2D eigenvalue weighted by molar-refractivity contribution is -0.385. The Morgan fingerprint density at radius 2 is 2.23 bits per heavy atom. The number of halogens is 3. The van der Waals surface area contributed by atoms with Crippen LogP contribution in [0, 0.1) is 17.0 Å². The highest BCUT2D eigenvalue weighted by Crippen LogP contribution is 2.38. The maximum Gasteiger partial charge on any atom is 0.438 e. The third kappa shape index (κ3) is 2.52. The third-order valence-electron chi connectivity index (χ3n) is 3.03. The highest BCUT2D eigenvalue weighted by atomic mass is 19.4. The number of hydrogen-bond donors (Lipinski definition) is 1. The molecule has 0 fully saturated rings. The second kappa shape index (κ2) is 5.05. The Kier molecular flexibility index (Phi) is 3.64. The lowest BCUT2D eigenvalue weighted by Gasteiger charge is -2.32. The molecule has 1 atom stereocenters. The van der Waals surface area contributed by atoms with Gasteiger partial charge in [-0.3, -0.25) is 19.6 Å². The van der Waals surface area contributed by atoms with Gasteiger partial charge in [0.05, 0.1) is 4.92 Å². The van der Waals surface area contributed by atoms with Gasteiger partial charge in [0.25, 0.3) is 11.6 Å². The van der Waals surface area contributed by atoms with Crippen LogP contribution >= 0.6 is 0 Å². The summed E-state index contributed by atoms with van der Waals surface area (Å²) in [4.78, 5) is 21.8. The number of aryl methyl sites for hydroxylation is 1. The number of rotatable bonds is 3. The van der Waals surface area contributed by atoms with Crippen molar-refractivity contribution in [2.24, 2.45) is 5.10 Å². The molecular formula is C10H10F3N5O4. The van der Waals surface area contributed by atoms with E-state index in [0.717, 1.165) is 17.1 Å². The first-order chi connectivity index (χ1) is 10.1. The average molecular weight is 321 g/mol. The molecule has 1 amide bonds. The van der Waals surface area contributed by atoms with Crippen LogP contribution in [0.2, 0.25) is 0 Å². The molecular weight excluding hydrogens is 311 g/mol. The number of carbonyl (C=O) groups is 1. The number of hydrazone groups is 1. The maximum absolute atomic E-state index is 12.8. The van der Waals surface area contributed by atoms with E-state index in [-0.39, 0.29) is 16.4 Å². The zero-order valence-corrected chi connectivity index (χ0v) is 11.1. The lowest BCUT2D eigenvalue weighted by Crippen LogP contribution is -2.57. The quantitative estimate of drug-likeness (QED) is 0.646. The highest BCUT2D eigenvalue weighted by Gasteiger charge is 2.61. The SMILES string of the molecule is Cc1nn(CC(=O)N2N=CC[C@@]2(O)C(F)(F)F)cc1[N+](=O)[O-]. The summed E-state index contributed by atoms with van der Waals surface area (Å²) in [5.41, 5.74) is -3.78. The molecule has 0 aromatic carbocycles. The summed E-state index contributed by atoms with van der Waals surface area (Å²) in [6.07, 6.45) is -4.30. The highest BCUT2D eigenvalue weighted by molar-refractivity contribution is 5.80. The third-order valence-corrected chi connectivity index (χ3v) is 3.03. The zero-order chi connectivity index (χ0) is 16.7. The summed E-state index contributed by atoms with van der Waals surface area (Å²) >= 11 is 0. The van der Waals surface area contributed by atoms with Gasteiger partial charge in [-0.1, -0.05) is 0 Å². The fourth-order valence-corrected chi connectivity index (χ4v) is 1.91. The van der Waals surface area contributed by atoms with Crippen molar-refractivity contribution in [3.63, 3.8) is 0 Å². The van der Waals surface area contributed by atoms with Crippen LogP contribution in [-0.2, 0) is 11.3 Å². The van der Waals surface area contributed by atoms with Crippen LogP contribution in [0.4, 0.5) is 18.9 Å². The van der Waals surface area contributed by atoms with Crippen LogP contribution in [0.25, 0.3) is 0 Å². The van der Waals surface area contributed by atoms with Gasteiger partial charge in [-0.05, 0) is 6.92 Å². The summed E-state index contributed by atoms with van der Waals surface area (Å²) in [7, 11) is 0. The van der Waals surface area contributed by atoms with Crippen molar-refractivity contribution in [1.29, 1.82) is 0 Å². The molecule has 2 heterocycles. The largest absolute Gasteiger partial charge is 0.438 e. The number of alkyl halides is 3.